The predicted octanol–water partition coefficient (Wildman–Crippen LogP) is 5.14. The highest BCUT2D eigenvalue weighted by molar-refractivity contribution is 9.10. The molecule has 1 aromatic rings. The first-order valence-electron chi connectivity index (χ1n) is 7.86. The molecule has 0 saturated heterocycles. The number of carbonyl (C=O) groups excluding carboxylic acids is 1. The molecule has 2 rings (SSSR count). The Hall–Kier alpha value is -1.23. The van der Waals surface area contributed by atoms with E-state index in [0.29, 0.717) is 18.9 Å². The molecule has 5 heteroatoms. The number of rotatable bonds is 4. The molecule has 1 heterocycles. The summed E-state index contributed by atoms with van der Waals surface area (Å²) in [6, 6.07) is 5.71. The van der Waals surface area contributed by atoms with Crippen LogP contribution in [0.1, 0.15) is 46.5 Å². The Kier molecular flexibility index (Phi) is 5.73. The van der Waals surface area contributed by atoms with Crippen molar-refractivity contribution in [1.29, 1.82) is 0 Å². The van der Waals surface area contributed by atoms with E-state index in [2.05, 4.69) is 22.9 Å². The smallest absolute Gasteiger partial charge is 0.414 e. The topological polar surface area (TPSA) is 38.8 Å². The summed E-state index contributed by atoms with van der Waals surface area (Å²) in [5.74, 6) is 0.711. The van der Waals surface area contributed by atoms with Crippen molar-refractivity contribution in [3.05, 3.63) is 22.7 Å². The summed E-state index contributed by atoms with van der Waals surface area (Å²) in [6.07, 6.45) is 3.49. The van der Waals surface area contributed by atoms with Gasteiger partial charge in [0.05, 0.1) is 16.8 Å². The molecular weight excluding hydrogens is 346 g/mol. The zero-order valence-electron chi connectivity index (χ0n) is 13.5. The molecular formula is C17H24BrNO3. The summed E-state index contributed by atoms with van der Waals surface area (Å²) in [5.41, 5.74) is 0.315. The van der Waals surface area contributed by atoms with Crippen LogP contribution >= 0.6 is 15.9 Å². The minimum absolute atomic E-state index is 0.300. The third-order valence-corrected chi connectivity index (χ3v) is 4.35. The molecule has 122 valence electrons. The summed E-state index contributed by atoms with van der Waals surface area (Å²) in [5, 5.41) is 0. The minimum atomic E-state index is -0.452. The van der Waals surface area contributed by atoms with Gasteiger partial charge in [0.25, 0.3) is 0 Å². The van der Waals surface area contributed by atoms with Gasteiger partial charge in [-0.3, -0.25) is 4.90 Å². The molecule has 0 radical (unpaired) electrons. The molecule has 4 nitrogen and oxygen atoms in total. The van der Waals surface area contributed by atoms with E-state index in [-0.39, 0.29) is 6.09 Å². The van der Waals surface area contributed by atoms with Gasteiger partial charge in [-0.15, -0.1) is 0 Å². The molecule has 0 N–H and O–H groups in total. The highest BCUT2D eigenvalue weighted by Gasteiger charge is 2.29. The third-order valence-electron chi connectivity index (χ3n) is 3.73. The Labute approximate surface area is 140 Å². The maximum Gasteiger partial charge on any atom is 0.414 e. The Morgan fingerprint density at radius 2 is 2.23 bits per heavy atom. The van der Waals surface area contributed by atoms with Crippen LogP contribution in [0.5, 0.6) is 5.75 Å². The van der Waals surface area contributed by atoms with E-state index in [9.17, 15) is 4.79 Å². The summed E-state index contributed by atoms with van der Waals surface area (Å²) < 4.78 is 12.4. The number of amides is 1. The second kappa shape index (κ2) is 7.36. The number of unbranched alkanes of at least 4 members (excludes halogenated alkanes) is 1. The number of anilines is 1. The van der Waals surface area contributed by atoms with Gasteiger partial charge in [0.15, 0.2) is 5.75 Å². The lowest BCUT2D eigenvalue weighted by Gasteiger charge is -2.29. The van der Waals surface area contributed by atoms with Gasteiger partial charge in [0.1, 0.15) is 5.60 Å². The van der Waals surface area contributed by atoms with Crippen LogP contribution in [0, 0.1) is 0 Å². The average molecular weight is 370 g/mol. The molecule has 1 amide bonds. The fraction of sp³-hybridized carbons (Fsp3) is 0.588. The first-order chi connectivity index (χ1) is 10.4. The van der Waals surface area contributed by atoms with E-state index in [1.165, 1.54) is 0 Å². The molecule has 0 aromatic heterocycles. The lowest BCUT2D eigenvalue weighted by atomic mass is 10.0. The SMILES string of the molecule is CCCCC(C)(C)OC(=O)N1CCCOc2c(Br)cccc21. The maximum absolute atomic E-state index is 12.6. The highest BCUT2D eigenvalue weighted by Crippen LogP contribution is 2.38. The fourth-order valence-electron chi connectivity index (χ4n) is 2.50. The first kappa shape index (κ1) is 17.1. The highest BCUT2D eigenvalue weighted by atomic mass is 79.9. The average Bonchev–Trinajstić information content (AvgIpc) is 2.68. The number of fused-ring (bicyclic) bond motifs is 1. The molecule has 1 aliphatic heterocycles. The van der Waals surface area contributed by atoms with E-state index < -0.39 is 5.60 Å². The second-order valence-electron chi connectivity index (χ2n) is 6.17. The van der Waals surface area contributed by atoms with E-state index >= 15 is 0 Å². The van der Waals surface area contributed by atoms with E-state index in [4.69, 9.17) is 9.47 Å². The second-order valence-corrected chi connectivity index (χ2v) is 7.03. The van der Waals surface area contributed by atoms with Crippen LogP contribution in [-0.4, -0.2) is 24.8 Å². The molecule has 0 unspecified atom stereocenters. The zero-order chi connectivity index (χ0) is 16.2. The van der Waals surface area contributed by atoms with E-state index in [1.54, 1.807) is 4.90 Å². The number of halogens is 1. The van der Waals surface area contributed by atoms with Gasteiger partial charge in [-0.05, 0) is 61.2 Å². The van der Waals surface area contributed by atoms with Gasteiger partial charge >= 0.3 is 6.09 Å². The van der Waals surface area contributed by atoms with Crippen molar-refractivity contribution in [2.24, 2.45) is 0 Å². The molecule has 1 aromatic carbocycles. The van der Waals surface area contributed by atoms with Gasteiger partial charge in [0, 0.05) is 6.54 Å². The number of nitrogens with zero attached hydrogens (tertiary/aromatic N) is 1. The Morgan fingerprint density at radius 1 is 1.45 bits per heavy atom. The van der Waals surface area contributed by atoms with Crippen LogP contribution in [0.3, 0.4) is 0 Å². The minimum Gasteiger partial charge on any atom is -0.490 e. The van der Waals surface area contributed by atoms with Crippen LogP contribution in [0.2, 0.25) is 0 Å². The molecule has 1 aliphatic rings. The van der Waals surface area contributed by atoms with Gasteiger partial charge in [-0.1, -0.05) is 19.4 Å². The number of ether oxygens (including phenoxy) is 2. The van der Waals surface area contributed by atoms with Crippen molar-refractivity contribution in [2.45, 2.75) is 52.1 Å². The van der Waals surface area contributed by atoms with Gasteiger partial charge in [-0.2, -0.15) is 0 Å². The molecule has 0 spiro atoms. The summed E-state index contributed by atoms with van der Waals surface area (Å²) in [4.78, 5) is 14.3. The standard InChI is InChI=1S/C17H24BrNO3/c1-4-5-10-17(2,3)22-16(20)19-11-7-12-21-15-13(18)8-6-9-14(15)19/h6,8-9H,4-5,7,10-12H2,1-3H3. The Balaban J connectivity index is 2.18. The lowest BCUT2D eigenvalue weighted by molar-refractivity contribution is 0.0359. The van der Waals surface area contributed by atoms with Crippen molar-refractivity contribution >= 4 is 27.7 Å². The quantitative estimate of drug-likeness (QED) is 0.736. The van der Waals surface area contributed by atoms with Crippen LogP contribution < -0.4 is 9.64 Å². The van der Waals surface area contributed by atoms with Crippen molar-refractivity contribution in [1.82, 2.24) is 0 Å². The largest absolute Gasteiger partial charge is 0.490 e. The molecule has 22 heavy (non-hydrogen) atoms. The monoisotopic (exact) mass is 369 g/mol. The van der Waals surface area contributed by atoms with Crippen molar-refractivity contribution < 1.29 is 14.3 Å². The summed E-state index contributed by atoms with van der Waals surface area (Å²) in [7, 11) is 0. The van der Waals surface area contributed by atoms with Crippen molar-refractivity contribution in [3.63, 3.8) is 0 Å². The maximum atomic E-state index is 12.6. The lowest BCUT2D eigenvalue weighted by Crippen LogP contribution is -2.38. The normalized spacial score (nSPS) is 14.8. The van der Waals surface area contributed by atoms with Crippen LogP contribution in [0.15, 0.2) is 22.7 Å². The zero-order valence-corrected chi connectivity index (χ0v) is 15.1. The van der Waals surface area contributed by atoms with Gasteiger partial charge in [-0.25, -0.2) is 4.79 Å². The predicted molar refractivity (Wildman–Crippen MR) is 91.7 cm³/mol. The number of para-hydroxylation sites is 1. The number of carbonyl (C=O) groups is 1. The van der Waals surface area contributed by atoms with Crippen LogP contribution in [0.25, 0.3) is 0 Å². The van der Waals surface area contributed by atoms with E-state index in [0.717, 1.165) is 35.8 Å². The Bertz CT molecular complexity index is 531. The number of hydrogen-bond donors (Lipinski definition) is 0. The first-order valence-corrected chi connectivity index (χ1v) is 8.66. The summed E-state index contributed by atoms with van der Waals surface area (Å²) >= 11 is 3.49. The van der Waals surface area contributed by atoms with E-state index in [1.807, 2.05) is 32.0 Å². The molecule has 0 atom stereocenters. The van der Waals surface area contributed by atoms with Gasteiger partial charge < -0.3 is 9.47 Å². The fourth-order valence-corrected chi connectivity index (χ4v) is 2.98. The van der Waals surface area contributed by atoms with Crippen LogP contribution in [-0.2, 0) is 4.74 Å². The number of hydrogen-bond acceptors (Lipinski definition) is 3. The molecule has 0 bridgehead atoms. The molecule has 0 aliphatic carbocycles. The molecule has 0 saturated carbocycles. The number of benzene rings is 1. The van der Waals surface area contributed by atoms with Gasteiger partial charge in [0.2, 0.25) is 0 Å². The van der Waals surface area contributed by atoms with Crippen molar-refractivity contribution in [2.75, 3.05) is 18.1 Å². The van der Waals surface area contributed by atoms with Crippen molar-refractivity contribution in [3.8, 4) is 5.75 Å². The molecule has 0 fully saturated rings. The third kappa shape index (κ3) is 4.15. The summed E-state index contributed by atoms with van der Waals surface area (Å²) in [6.45, 7) is 7.27. The van der Waals surface area contributed by atoms with Crippen LogP contribution in [0.4, 0.5) is 10.5 Å². The Morgan fingerprint density at radius 3 is 2.95 bits per heavy atom.